The quantitative estimate of drug-likeness (QED) is 0.377. The summed E-state index contributed by atoms with van der Waals surface area (Å²) in [6.45, 7) is 8.39. The molecule has 0 fully saturated rings. The van der Waals surface area contributed by atoms with Crippen molar-refractivity contribution in [2.24, 2.45) is 24.1 Å². The average molecular weight is 437 g/mol. The molecule has 156 valence electrons. The number of nitrogens with zero attached hydrogens (tertiary/aromatic N) is 4. The highest BCUT2D eigenvalue weighted by Crippen LogP contribution is 2.19. The lowest BCUT2D eigenvalue weighted by molar-refractivity contribution is 0.873. The van der Waals surface area contributed by atoms with E-state index in [0.29, 0.717) is 0 Å². The van der Waals surface area contributed by atoms with E-state index in [1.54, 1.807) is 22.7 Å². The number of aryl methyl sites for hydroxylation is 6. The van der Waals surface area contributed by atoms with Gasteiger partial charge in [-0.15, -0.1) is 22.7 Å². The molecule has 0 aliphatic carbocycles. The molecule has 2 heterocycles. The normalized spacial score (nSPS) is 12.1. The van der Waals surface area contributed by atoms with Crippen LogP contribution in [0.15, 0.2) is 69.5 Å². The lowest BCUT2D eigenvalue weighted by atomic mass is 10.1. The molecule has 0 N–H and O–H groups in total. The van der Waals surface area contributed by atoms with Gasteiger partial charge in [0.15, 0.2) is 9.60 Å². The summed E-state index contributed by atoms with van der Waals surface area (Å²) in [4.78, 5) is 11.3. The van der Waals surface area contributed by atoms with Crippen LogP contribution in [0.1, 0.15) is 22.3 Å². The Balaban J connectivity index is 0.000000171. The largest absolute Gasteiger partial charge is 0.327 e. The second-order valence-corrected chi connectivity index (χ2v) is 9.14. The van der Waals surface area contributed by atoms with Crippen LogP contribution < -0.4 is 9.60 Å². The average Bonchev–Trinajstić information content (AvgIpc) is 3.28. The molecule has 0 bridgehead atoms. The van der Waals surface area contributed by atoms with E-state index in [2.05, 4.69) is 74.1 Å². The summed E-state index contributed by atoms with van der Waals surface area (Å²) in [5.41, 5.74) is 7.12. The predicted molar refractivity (Wildman–Crippen MR) is 129 cm³/mol. The molecule has 4 rings (SSSR count). The molecule has 2 aromatic heterocycles. The zero-order valence-electron chi connectivity index (χ0n) is 18.4. The third-order valence-corrected chi connectivity index (χ3v) is 6.35. The molecule has 6 heteroatoms. The molecule has 0 aliphatic rings. The van der Waals surface area contributed by atoms with Crippen molar-refractivity contribution in [2.75, 3.05) is 0 Å². The molecule has 2 aromatic carbocycles. The van der Waals surface area contributed by atoms with Crippen molar-refractivity contribution in [3.8, 4) is 0 Å². The van der Waals surface area contributed by atoms with Gasteiger partial charge in [0.25, 0.3) is 0 Å². The fourth-order valence-corrected chi connectivity index (χ4v) is 4.42. The summed E-state index contributed by atoms with van der Waals surface area (Å²) in [5.74, 6) is 0. The van der Waals surface area contributed by atoms with Gasteiger partial charge in [-0.1, -0.05) is 35.4 Å². The molecule has 0 radical (unpaired) electrons. The standard InChI is InChI=1S/2C12H14N2S/c2*1-9-4-5-11(10(2)8-9)13-12-14(3)6-7-15-12/h2*4-8H,1-3H3. The first-order valence-electron chi connectivity index (χ1n) is 9.77. The third kappa shape index (κ3) is 5.68. The van der Waals surface area contributed by atoms with Gasteiger partial charge in [-0.2, -0.15) is 0 Å². The molecule has 0 saturated heterocycles. The van der Waals surface area contributed by atoms with E-state index < -0.39 is 0 Å². The van der Waals surface area contributed by atoms with E-state index in [1.165, 1.54) is 22.3 Å². The Kier molecular flexibility index (Phi) is 7.24. The second-order valence-electron chi connectivity index (χ2n) is 7.40. The van der Waals surface area contributed by atoms with Crippen LogP contribution in [0.25, 0.3) is 0 Å². The number of hydrogen-bond donors (Lipinski definition) is 0. The molecule has 0 aliphatic heterocycles. The fraction of sp³-hybridized carbons (Fsp3) is 0.250. The van der Waals surface area contributed by atoms with E-state index in [0.717, 1.165) is 21.0 Å². The maximum Gasteiger partial charge on any atom is 0.189 e. The zero-order valence-corrected chi connectivity index (χ0v) is 20.0. The van der Waals surface area contributed by atoms with Crippen molar-refractivity contribution in [1.82, 2.24) is 9.13 Å². The van der Waals surface area contributed by atoms with Gasteiger partial charge in [0.1, 0.15) is 0 Å². The Morgan fingerprint density at radius 2 is 1.03 bits per heavy atom. The number of aromatic nitrogens is 2. The Morgan fingerprint density at radius 1 is 0.633 bits per heavy atom. The van der Waals surface area contributed by atoms with Crippen LogP contribution >= 0.6 is 22.7 Å². The molecular formula is C24H28N4S2. The minimum Gasteiger partial charge on any atom is -0.327 e. The number of rotatable bonds is 2. The van der Waals surface area contributed by atoms with Gasteiger partial charge in [0.05, 0.1) is 11.4 Å². The lowest BCUT2D eigenvalue weighted by Crippen LogP contribution is -2.08. The highest BCUT2D eigenvalue weighted by Gasteiger charge is 1.98. The molecule has 0 unspecified atom stereocenters. The minimum atomic E-state index is 1.03. The van der Waals surface area contributed by atoms with Crippen molar-refractivity contribution in [2.45, 2.75) is 27.7 Å². The Morgan fingerprint density at radius 3 is 1.33 bits per heavy atom. The van der Waals surface area contributed by atoms with Crippen molar-refractivity contribution in [3.05, 3.63) is 91.4 Å². The molecular weight excluding hydrogens is 408 g/mol. The van der Waals surface area contributed by atoms with Gasteiger partial charge in [-0.3, -0.25) is 0 Å². The van der Waals surface area contributed by atoms with Crippen LogP contribution in [0.2, 0.25) is 0 Å². The lowest BCUT2D eigenvalue weighted by Gasteiger charge is -2.00. The van der Waals surface area contributed by atoms with Gasteiger partial charge in [0.2, 0.25) is 0 Å². The molecule has 30 heavy (non-hydrogen) atoms. The Labute approximate surface area is 186 Å². The fourth-order valence-electron chi connectivity index (χ4n) is 2.94. The minimum absolute atomic E-state index is 1.03. The van der Waals surface area contributed by atoms with Gasteiger partial charge >= 0.3 is 0 Å². The second kappa shape index (κ2) is 9.87. The van der Waals surface area contributed by atoms with Crippen LogP contribution in [0, 0.1) is 27.7 Å². The van der Waals surface area contributed by atoms with Crippen molar-refractivity contribution in [3.63, 3.8) is 0 Å². The molecule has 0 saturated carbocycles. The highest BCUT2D eigenvalue weighted by molar-refractivity contribution is 7.07. The van der Waals surface area contributed by atoms with E-state index in [1.807, 2.05) is 46.4 Å². The Hall–Kier alpha value is -2.70. The van der Waals surface area contributed by atoms with Gasteiger partial charge in [-0.25, -0.2) is 9.98 Å². The first-order chi connectivity index (χ1) is 14.3. The SMILES string of the molecule is Cc1ccc(N=c2sccn2C)c(C)c1.Cc1ccc(N=c2sccn2C)c(C)c1. The summed E-state index contributed by atoms with van der Waals surface area (Å²) >= 11 is 3.31. The molecule has 4 aromatic rings. The summed E-state index contributed by atoms with van der Waals surface area (Å²) < 4.78 is 4.06. The van der Waals surface area contributed by atoms with Crippen molar-refractivity contribution >= 4 is 34.0 Å². The number of hydrogen-bond acceptors (Lipinski definition) is 4. The summed E-state index contributed by atoms with van der Waals surface area (Å²) in [7, 11) is 4.03. The number of thiazole rings is 2. The first kappa shape index (κ1) is 22.0. The number of benzene rings is 2. The Bertz CT molecular complexity index is 1170. The van der Waals surface area contributed by atoms with Crippen LogP contribution in [-0.2, 0) is 14.1 Å². The predicted octanol–water partition coefficient (Wildman–Crippen LogP) is 5.87. The maximum absolute atomic E-state index is 4.62. The van der Waals surface area contributed by atoms with Crippen molar-refractivity contribution < 1.29 is 0 Å². The van der Waals surface area contributed by atoms with Gasteiger partial charge in [0, 0.05) is 37.2 Å². The van der Waals surface area contributed by atoms with E-state index >= 15 is 0 Å². The first-order valence-corrected chi connectivity index (χ1v) is 11.5. The monoisotopic (exact) mass is 436 g/mol. The summed E-state index contributed by atoms with van der Waals surface area (Å²) in [5, 5.41) is 4.09. The van der Waals surface area contributed by atoms with Gasteiger partial charge < -0.3 is 9.13 Å². The van der Waals surface area contributed by atoms with E-state index in [9.17, 15) is 0 Å². The smallest absolute Gasteiger partial charge is 0.189 e. The molecule has 0 spiro atoms. The van der Waals surface area contributed by atoms with Gasteiger partial charge in [-0.05, 0) is 51.0 Å². The highest BCUT2D eigenvalue weighted by atomic mass is 32.1. The van der Waals surface area contributed by atoms with Crippen LogP contribution in [0.5, 0.6) is 0 Å². The van der Waals surface area contributed by atoms with Crippen LogP contribution in [0.4, 0.5) is 11.4 Å². The maximum atomic E-state index is 4.62. The topological polar surface area (TPSA) is 34.6 Å². The zero-order chi connectivity index (χ0) is 21.7. The van der Waals surface area contributed by atoms with E-state index in [-0.39, 0.29) is 0 Å². The van der Waals surface area contributed by atoms with Crippen LogP contribution in [0.3, 0.4) is 0 Å². The third-order valence-electron chi connectivity index (χ3n) is 4.66. The van der Waals surface area contributed by atoms with Crippen molar-refractivity contribution in [1.29, 1.82) is 0 Å². The molecule has 0 atom stereocenters. The molecule has 4 nitrogen and oxygen atoms in total. The summed E-state index contributed by atoms with van der Waals surface area (Å²) in [6, 6.07) is 12.7. The van der Waals surface area contributed by atoms with E-state index in [4.69, 9.17) is 0 Å². The summed E-state index contributed by atoms with van der Waals surface area (Å²) in [6.07, 6.45) is 4.04. The van der Waals surface area contributed by atoms with Crippen LogP contribution in [-0.4, -0.2) is 9.13 Å². The molecule has 0 amide bonds.